The molecule has 3 nitrogen and oxygen atoms in total. The van der Waals surface area contributed by atoms with Crippen LogP contribution in [0.25, 0.3) is 0 Å². The van der Waals surface area contributed by atoms with Gasteiger partial charge in [-0.15, -0.1) is 0 Å². The summed E-state index contributed by atoms with van der Waals surface area (Å²) in [5.74, 6) is -2.09. The zero-order valence-electron chi connectivity index (χ0n) is 12.6. The fraction of sp³-hybridized carbons (Fsp3) is 0.235. The Hall–Kier alpha value is -2.43. The fourth-order valence-electron chi connectivity index (χ4n) is 2.05. The number of anilines is 1. The first-order valence-corrected chi connectivity index (χ1v) is 6.97. The summed E-state index contributed by atoms with van der Waals surface area (Å²) in [5, 5.41) is 2.63. The van der Waals surface area contributed by atoms with Gasteiger partial charge in [0.15, 0.2) is 0 Å². The van der Waals surface area contributed by atoms with Gasteiger partial charge in [0.05, 0.1) is 5.56 Å². The molecule has 0 aliphatic heterocycles. The minimum Gasteiger partial charge on any atom is -0.378 e. The number of carbonyl (C=O) groups is 1. The number of amides is 1. The quantitative estimate of drug-likeness (QED) is 0.921. The molecule has 0 saturated carbocycles. The summed E-state index contributed by atoms with van der Waals surface area (Å²) >= 11 is 0. The molecule has 0 radical (unpaired) electrons. The SMILES string of the molecule is CN(C)c1ccc(CCNC(=O)c2ccc(F)cc2F)cc1. The van der Waals surface area contributed by atoms with Crippen LogP contribution in [0.2, 0.25) is 0 Å². The van der Waals surface area contributed by atoms with E-state index in [4.69, 9.17) is 0 Å². The van der Waals surface area contributed by atoms with Gasteiger partial charge in [-0.2, -0.15) is 0 Å². The molecule has 0 saturated heterocycles. The third-order valence-electron chi connectivity index (χ3n) is 3.33. The van der Waals surface area contributed by atoms with E-state index >= 15 is 0 Å². The summed E-state index contributed by atoms with van der Waals surface area (Å²) in [6, 6.07) is 10.9. The van der Waals surface area contributed by atoms with Crippen molar-refractivity contribution in [2.45, 2.75) is 6.42 Å². The maximum atomic E-state index is 13.5. The van der Waals surface area contributed by atoms with Crippen molar-refractivity contribution in [3.8, 4) is 0 Å². The highest BCUT2D eigenvalue weighted by Gasteiger charge is 2.11. The second-order valence-corrected chi connectivity index (χ2v) is 5.19. The van der Waals surface area contributed by atoms with E-state index in [1.54, 1.807) is 0 Å². The van der Waals surface area contributed by atoms with Gasteiger partial charge in [-0.25, -0.2) is 8.78 Å². The van der Waals surface area contributed by atoms with Gasteiger partial charge in [0.1, 0.15) is 11.6 Å². The van der Waals surface area contributed by atoms with Crippen LogP contribution in [-0.2, 0) is 6.42 Å². The van der Waals surface area contributed by atoms with Crippen LogP contribution in [-0.4, -0.2) is 26.5 Å². The van der Waals surface area contributed by atoms with Gasteiger partial charge >= 0.3 is 0 Å². The Morgan fingerprint density at radius 3 is 2.36 bits per heavy atom. The Bertz CT molecular complexity index is 654. The van der Waals surface area contributed by atoms with Crippen molar-refractivity contribution in [1.29, 1.82) is 0 Å². The Balaban J connectivity index is 1.89. The molecule has 0 aromatic heterocycles. The van der Waals surface area contributed by atoms with Crippen LogP contribution in [0, 0.1) is 11.6 Å². The minimum absolute atomic E-state index is 0.149. The third kappa shape index (κ3) is 4.04. The lowest BCUT2D eigenvalue weighted by Gasteiger charge is -2.12. The number of hydrogen-bond donors (Lipinski definition) is 1. The van der Waals surface area contributed by atoms with Crippen LogP contribution >= 0.6 is 0 Å². The van der Waals surface area contributed by atoms with Crippen molar-refractivity contribution >= 4 is 11.6 Å². The smallest absolute Gasteiger partial charge is 0.254 e. The van der Waals surface area contributed by atoms with Crippen molar-refractivity contribution in [3.05, 3.63) is 65.2 Å². The summed E-state index contributed by atoms with van der Waals surface area (Å²) in [7, 11) is 3.93. The maximum absolute atomic E-state index is 13.5. The Labute approximate surface area is 128 Å². The summed E-state index contributed by atoms with van der Waals surface area (Å²) in [4.78, 5) is 13.8. The molecule has 1 N–H and O–H groups in total. The first kappa shape index (κ1) is 15.9. The van der Waals surface area contributed by atoms with E-state index < -0.39 is 17.5 Å². The van der Waals surface area contributed by atoms with Crippen molar-refractivity contribution in [2.24, 2.45) is 0 Å². The van der Waals surface area contributed by atoms with E-state index in [1.165, 1.54) is 0 Å². The molecule has 1 amide bonds. The summed E-state index contributed by atoms with van der Waals surface area (Å²) in [6.07, 6.45) is 0.641. The van der Waals surface area contributed by atoms with Crippen molar-refractivity contribution in [3.63, 3.8) is 0 Å². The largest absolute Gasteiger partial charge is 0.378 e. The second kappa shape index (κ2) is 7.02. The van der Waals surface area contributed by atoms with Crippen LogP contribution in [0.3, 0.4) is 0 Å². The Morgan fingerprint density at radius 1 is 1.09 bits per heavy atom. The lowest BCUT2D eigenvalue weighted by molar-refractivity contribution is 0.0950. The van der Waals surface area contributed by atoms with Gasteiger partial charge in [-0.1, -0.05) is 12.1 Å². The van der Waals surface area contributed by atoms with E-state index in [0.29, 0.717) is 19.0 Å². The van der Waals surface area contributed by atoms with E-state index in [1.807, 2.05) is 43.3 Å². The molecule has 0 heterocycles. The molecule has 0 spiro atoms. The monoisotopic (exact) mass is 304 g/mol. The maximum Gasteiger partial charge on any atom is 0.254 e. The highest BCUT2D eigenvalue weighted by molar-refractivity contribution is 5.94. The van der Waals surface area contributed by atoms with Crippen LogP contribution in [0.5, 0.6) is 0 Å². The van der Waals surface area contributed by atoms with E-state index in [2.05, 4.69) is 5.32 Å². The Kier molecular flexibility index (Phi) is 5.09. The second-order valence-electron chi connectivity index (χ2n) is 5.19. The van der Waals surface area contributed by atoms with Gasteiger partial charge in [0, 0.05) is 32.4 Å². The Morgan fingerprint density at radius 2 is 1.77 bits per heavy atom. The zero-order chi connectivity index (χ0) is 16.1. The molecule has 0 fully saturated rings. The molecule has 0 atom stereocenters. The van der Waals surface area contributed by atoms with Gasteiger partial charge in [-0.3, -0.25) is 4.79 Å². The van der Waals surface area contributed by atoms with Crippen molar-refractivity contribution < 1.29 is 13.6 Å². The number of halogens is 2. The van der Waals surface area contributed by atoms with Gasteiger partial charge in [-0.05, 0) is 36.2 Å². The van der Waals surface area contributed by atoms with Gasteiger partial charge < -0.3 is 10.2 Å². The first-order valence-electron chi connectivity index (χ1n) is 6.97. The predicted octanol–water partition coefficient (Wildman–Crippen LogP) is 3.00. The molecule has 0 aliphatic rings. The number of carbonyl (C=O) groups excluding carboxylic acids is 1. The molecule has 0 unspecified atom stereocenters. The molecule has 2 rings (SSSR count). The van der Waals surface area contributed by atoms with Crippen LogP contribution in [0.15, 0.2) is 42.5 Å². The van der Waals surface area contributed by atoms with Crippen molar-refractivity contribution in [1.82, 2.24) is 5.32 Å². The average Bonchev–Trinajstić information content (AvgIpc) is 2.47. The van der Waals surface area contributed by atoms with Gasteiger partial charge in [0.2, 0.25) is 0 Å². The standard InChI is InChI=1S/C17H18F2N2O/c1-21(2)14-6-3-12(4-7-14)9-10-20-17(22)15-8-5-13(18)11-16(15)19/h3-8,11H,9-10H2,1-2H3,(H,20,22). The summed E-state index contributed by atoms with van der Waals surface area (Å²) in [6.45, 7) is 0.386. The highest BCUT2D eigenvalue weighted by Crippen LogP contribution is 2.13. The van der Waals surface area contributed by atoms with Gasteiger partial charge in [0.25, 0.3) is 5.91 Å². The molecule has 0 aliphatic carbocycles. The molecule has 22 heavy (non-hydrogen) atoms. The lowest BCUT2D eigenvalue weighted by atomic mass is 10.1. The van der Waals surface area contributed by atoms with E-state index in [-0.39, 0.29) is 5.56 Å². The fourth-order valence-corrected chi connectivity index (χ4v) is 2.05. The molecule has 116 valence electrons. The van der Waals surface area contributed by atoms with Crippen LogP contribution < -0.4 is 10.2 Å². The zero-order valence-corrected chi connectivity index (χ0v) is 12.6. The van der Waals surface area contributed by atoms with Crippen LogP contribution in [0.4, 0.5) is 14.5 Å². The molecule has 0 bridgehead atoms. The highest BCUT2D eigenvalue weighted by atomic mass is 19.1. The van der Waals surface area contributed by atoms with Crippen molar-refractivity contribution in [2.75, 3.05) is 25.5 Å². The third-order valence-corrected chi connectivity index (χ3v) is 3.33. The van der Waals surface area contributed by atoms with Crippen LogP contribution in [0.1, 0.15) is 15.9 Å². The number of nitrogens with one attached hydrogen (secondary N) is 1. The van der Waals surface area contributed by atoms with E-state index in [9.17, 15) is 13.6 Å². The number of nitrogens with zero attached hydrogens (tertiary/aromatic N) is 1. The number of rotatable bonds is 5. The molecule has 5 heteroatoms. The normalized spacial score (nSPS) is 10.4. The minimum atomic E-state index is -0.854. The molecular formula is C17H18F2N2O. The average molecular weight is 304 g/mol. The van der Waals surface area contributed by atoms with E-state index in [0.717, 1.165) is 23.4 Å². The lowest BCUT2D eigenvalue weighted by Crippen LogP contribution is -2.26. The molecule has 2 aromatic rings. The molecular weight excluding hydrogens is 286 g/mol. The first-order chi connectivity index (χ1) is 10.5. The summed E-state index contributed by atoms with van der Waals surface area (Å²) < 4.78 is 26.3. The number of benzene rings is 2. The molecule has 2 aromatic carbocycles. The summed E-state index contributed by atoms with van der Waals surface area (Å²) in [5.41, 5.74) is 2.02. The topological polar surface area (TPSA) is 32.3 Å². The predicted molar refractivity (Wildman–Crippen MR) is 83.2 cm³/mol. The number of hydrogen-bond acceptors (Lipinski definition) is 2.